The third-order valence-corrected chi connectivity index (χ3v) is 3.09. The molecule has 16 heavy (non-hydrogen) atoms. The number of nitrogens with one attached hydrogen (secondary N) is 1. The average molecular weight is 251 g/mol. The van der Waals surface area contributed by atoms with Gasteiger partial charge in [-0.25, -0.2) is 0 Å². The van der Waals surface area contributed by atoms with Crippen LogP contribution in [0.2, 0.25) is 0 Å². The third kappa shape index (κ3) is 5.68. The number of rotatable bonds is 5. The normalized spacial score (nSPS) is 17.9. The van der Waals surface area contributed by atoms with Gasteiger partial charge in [0.2, 0.25) is 0 Å². The molecule has 0 aromatic rings. The van der Waals surface area contributed by atoms with Gasteiger partial charge in [-0.1, -0.05) is 0 Å². The zero-order chi connectivity index (χ0) is 11.1. The molecule has 0 spiro atoms. The first-order valence-electron chi connectivity index (χ1n) is 5.70. The van der Waals surface area contributed by atoms with Crippen molar-refractivity contribution < 1.29 is 9.53 Å². The second-order valence-corrected chi connectivity index (χ2v) is 4.19. The van der Waals surface area contributed by atoms with Gasteiger partial charge in [-0.05, 0) is 51.9 Å². The van der Waals surface area contributed by atoms with Gasteiger partial charge < -0.3 is 10.1 Å². The number of halogens is 1. The Kier molecular flexibility index (Phi) is 8.61. The monoisotopic (exact) mass is 250 g/mol. The topological polar surface area (TPSA) is 41.6 Å². The van der Waals surface area contributed by atoms with Crippen molar-refractivity contribution in [2.45, 2.75) is 19.3 Å². The number of carbonyl (C=O) groups is 1. The Balaban J connectivity index is 0.00000225. The van der Waals surface area contributed by atoms with E-state index < -0.39 is 0 Å². The molecule has 0 aromatic carbocycles. The van der Waals surface area contributed by atoms with Crippen LogP contribution < -0.4 is 5.32 Å². The zero-order valence-electron chi connectivity index (χ0n) is 10.2. The van der Waals surface area contributed by atoms with E-state index in [1.165, 1.54) is 26.4 Å². The van der Waals surface area contributed by atoms with Crippen LogP contribution in [0.3, 0.4) is 0 Å². The van der Waals surface area contributed by atoms with Gasteiger partial charge in [0, 0.05) is 0 Å². The lowest BCUT2D eigenvalue weighted by Gasteiger charge is -2.30. The van der Waals surface area contributed by atoms with E-state index in [0.717, 1.165) is 25.6 Å². The van der Waals surface area contributed by atoms with Crippen molar-refractivity contribution in [3.05, 3.63) is 0 Å². The Morgan fingerprint density at radius 3 is 2.56 bits per heavy atom. The van der Waals surface area contributed by atoms with Crippen LogP contribution in [0.5, 0.6) is 0 Å². The molecule has 0 bridgehead atoms. The molecule has 1 fully saturated rings. The van der Waals surface area contributed by atoms with Crippen LogP contribution in [0.25, 0.3) is 0 Å². The van der Waals surface area contributed by atoms with Crippen LogP contribution in [0, 0.1) is 5.92 Å². The number of piperidine rings is 1. The summed E-state index contributed by atoms with van der Waals surface area (Å²) in [5, 5.41) is 3.18. The van der Waals surface area contributed by atoms with E-state index >= 15 is 0 Å². The number of hydrogen-bond acceptors (Lipinski definition) is 4. The van der Waals surface area contributed by atoms with Crippen molar-refractivity contribution in [2.24, 2.45) is 5.92 Å². The second-order valence-electron chi connectivity index (χ2n) is 4.19. The highest BCUT2D eigenvalue weighted by Gasteiger charge is 2.20. The van der Waals surface area contributed by atoms with E-state index in [1.54, 1.807) is 0 Å². The summed E-state index contributed by atoms with van der Waals surface area (Å²) in [7, 11) is 3.44. The molecule has 96 valence electrons. The van der Waals surface area contributed by atoms with Crippen LogP contribution in [0.4, 0.5) is 0 Å². The lowest BCUT2D eigenvalue weighted by Crippen LogP contribution is -2.38. The molecule has 1 heterocycles. The minimum absolute atomic E-state index is 0. The molecule has 4 nitrogen and oxygen atoms in total. The molecular weight excluding hydrogens is 228 g/mol. The van der Waals surface area contributed by atoms with Crippen molar-refractivity contribution in [3.8, 4) is 0 Å². The van der Waals surface area contributed by atoms with E-state index in [9.17, 15) is 4.79 Å². The Labute approximate surface area is 104 Å². The SMILES string of the molecule is CNCCC1CCN(CC(=O)OC)CC1.Cl. The molecule has 1 rings (SSSR count). The van der Waals surface area contributed by atoms with E-state index in [0.29, 0.717) is 6.54 Å². The van der Waals surface area contributed by atoms with Crippen LogP contribution in [-0.2, 0) is 9.53 Å². The summed E-state index contributed by atoms with van der Waals surface area (Å²) in [6.45, 7) is 3.61. The predicted molar refractivity (Wildman–Crippen MR) is 67.0 cm³/mol. The fraction of sp³-hybridized carbons (Fsp3) is 0.909. The number of carbonyl (C=O) groups excluding carboxylic acids is 1. The van der Waals surface area contributed by atoms with Crippen molar-refractivity contribution >= 4 is 18.4 Å². The molecule has 1 saturated heterocycles. The quantitative estimate of drug-likeness (QED) is 0.737. The van der Waals surface area contributed by atoms with Crippen LogP contribution >= 0.6 is 12.4 Å². The second kappa shape index (κ2) is 8.79. The Morgan fingerprint density at radius 2 is 2.06 bits per heavy atom. The standard InChI is InChI=1S/C11H22N2O2.ClH/c1-12-6-3-10-4-7-13(8-5-10)9-11(14)15-2;/h10,12H,3-9H2,1-2H3;1H. The molecule has 0 aromatic heterocycles. The molecule has 0 saturated carbocycles. The number of methoxy groups -OCH3 is 1. The minimum Gasteiger partial charge on any atom is -0.468 e. The molecule has 1 aliphatic rings. The molecule has 1 N–H and O–H groups in total. The van der Waals surface area contributed by atoms with Crippen molar-refractivity contribution in [1.29, 1.82) is 0 Å². The first-order valence-corrected chi connectivity index (χ1v) is 5.70. The number of likely N-dealkylation sites (tertiary alicyclic amines) is 1. The highest BCUT2D eigenvalue weighted by Crippen LogP contribution is 2.19. The van der Waals surface area contributed by atoms with Crippen molar-refractivity contribution in [2.75, 3.05) is 40.3 Å². The van der Waals surface area contributed by atoms with Crippen LogP contribution in [-0.4, -0.2) is 51.2 Å². The summed E-state index contributed by atoms with van der Waals surface area (Å²) >= 11 is 0. The molecule has 1 aliphatic heterocycles. The van der Waals surface area contributed by atoms with Gasteiger partial charge in [-0.3, -0.25) is 9.69 Å². The summed E-state index contributed by atoms with van der Waals surface area (Å²) in [5.74, 6) is 0.704. The lowest BCUT2D eigenvalue weighted by molar-refractivity contribution is -0.142. The maximum atomic E-state index is 11.1. The minimum atomic E-state index is -0.122. The Bertz CT molecular complexity index is 194. The highest BCUT2D eigenvalue weighted by atomic mass is 35.5. The highest BCUT2D eigenvalue weighted by molar-refractivity contribution is 5.85. The fourth-order valence-electron chi connectivity index (χ4n) is 2.03. The van der Waals surface area contributed by atoms with Gasteiger partial charge in [-0.15, -0.1) is 12.4 Å². The smallest absolute Gasteiger partial charge is 0.319 e. The van der Waals surface area contributed by atoms with Gasteiger partial charge in [0.1, 0.15) is 0 Å². The van der Waals surface area contributed by atoms with Gasteiger partial charge in [-0.2, -0.15) is 0 Å². The van der Waals surface area contributed by atoms with Crippen molar-refractivity contribution in [3.63, 3.8) is 0 Å². The average Bonchev–Trinajstić information content (AvgIpc) is 2.28. The number of nitrogens with zero attached hydrogens (tertiary/aromatic N) is 1. The van der Waals surface area contributed by atoms with E-state index in [1.807, 2.05) is 7.05 Å². The number of hydrogen-bond donors (Lipinski definition) is 1. The van der Waals surface area contributed by atoms with E-state index in [2.05, 4.69) is 15.0 Å². The summed E-state index contributed by atoms with van der Waals surface area (Å²) in [6, 6.07) is 0. The maximum absolute atomic E-state index is 11.1. The number of ether oxygens (including phenoxy) is 1. The van der Waals surface area contributed by atoms with E-state index in [-0.39, 0.29) is 18.4 Å². The predicted octanol–water partition coefficient (Wildman–Crippen LogP) is 0.903. The molecule has 0 aliphatic carbocycles. The Hall–Kier alpha value is -0.320. The van der Waals surface area contributed by atoms with Gasteiger partial charge >= 0.3 is 5.97 Å². The zero-order valence-corrected chi connectivity index (χ0v) is 11.0. The summed E-state index contributed by atoms with van der Waals surface area (Å²) in [6.07, 6.45) is 3.67. The van der Waals surface area contributed by atoms with Crippen LogP contribution in [0.15, 0.2) is 0 Å². The summed E-state index contributed by atoms with van der Waals surface area (Å²) in [4.78, 5) is 13.2. The fourth-order valence-corrected chi connectivity index (χ4v) is 2.03. The molecule has 0 unspecified atom stereocenters. The molecule has 0 amide bonds. The van der Waals surface area contributed by atoms with Gasteiger partial charge in [0.05, 0.1) is 13.7 Å². The largest absolute Gasteiger partial charge is 0.468 e. The summed E-state index contributed by atoms with van der Waals surface area (Å²) in [5.41, 5.74) is 0. The van der Waals surface area contributed by atoms with Gasteiger partial charge in [0.25, 0.3) is 0 Å². The maximum Gasteiger partial charge on any atom is 0.319 e. The van der Waals surface area contributed by atoms with E-state index in [4.69, 9.17) is 0 Å². The van der Waals surface area contributed by atoms with Crippen molar-refractivity contribution in [1.82, 2.24) is 10.2 Å². The summed E-state index contributed by atoms with van der Waals surface area (Å²) < 4.78 is 4.65. The molecule has 5 heteroatoms. The van der Waals surface area contributed by atoms with Crippen LogP contribution in [0.1, 0.15) is 19.3 Å². The lowest BCUT2D eigenvalue weighted by atomic mass is 9.93. The molecule has 0 atom stereocenters. The first kappa shape index (κ1) is 15.7. The third-order valence-electron chi connectivity index (χ3n) is 3.09. The Morgan fingerprint density at radius 1 is 1.44 bits per heavy atom. The molecular formula is C11H23ClN2O2. The first-order chi connectivity index (χ1) is 7.26. The molecule has 0 radical (unpaired) electrons. The number of esters is 1. The van der Waals surface area contributed by atoms with Gasteiger partial charge in [0.15, 0.2) is 0 Å².